The smallest absolute Gasteiger partial charge is 0.269 e. The molecule has 18 heavy (non-hydrogen) atoms. The number of rotatable bonds is 3. The Morgan fingerprint density at radius 1 is 1.50 bits per heavy atom. The van der Waals surface area contributed by atoms with Crippen LogP contribution >= 0.6 is 0 Å². The highest BCUT2D eigenvalue weighted by molar-refractivity contribution is 5.77. The van der Waals surface area contributed by atoms with E-state index in [9.17, 15) is 9.59 Å². The van der Waals surface area contributed by atoms with E-state index in [0.717, 1.165) is 23.5 Å². The number of amides is 1. The molecular weight excluding hydrogens is 236 g/mol. The van der Waals surface area contributed by atoms with Crippen LogP contribution in [0.2, 0.25) is 0 Å². The van der Waals surface area contributed by atoms with Crippen LogP contribution in [0.5, 0.6) is 0 Å². The van der Waals surface area contributed by atoms with E-state index in [0.29, 0.717) is 13.2 Å². The fourth-order valence-electron chi connectivity index (χ4n) is 1.81. The van der Waals surface area contributed by atoms with Gasteiger partial charge in [-0.2, -0.15) is 5.10 Å². The standard InChI is InChI=1S/C11H16N4O3/c1-8(11(12)17)15-10(16)6-9(7-13-15)14-2-4-18-5-3-14/h6-8H,2-5H2,1H3,(H2,12,17)/t8-/m0/s1. The van der Waals surface area contributed by atoms with Gasteiger partial charge in [0.2, 0.25) is 5.91 Å². The Morgan fingerprint density at radius 2 is 2.17 bits per heavy atom. The Hall–Kier alpha value is -1.89. The summed E-state index contributed by atoms with van der Waals surface area (Å²) in [6, 6.07) is 0.730. The lowest BCUT2D eigenvalue weighted by Gasteiger charge is -2.28. The average Bonchev–Trinajstić information content (AvgIpc) is 2.38. The number of anilines is 1. The van der Waals surface area contributed by atoms with Crippen LogP contribution in [0.4, 0.5) is 5.69 Å². The van der Waals surface area contributed by atoms with Crippen LogP contribution in [0, 0.1) is 0 Å². The van der Waals surface area contributed by atoms with E-state index >= 15 is 0 Å². The first-order valence-corrected chi connectivity index (χ1v) is 5.80. The number of ether oxygens (including phenoxy) is 1. The molecule has 0 spiro atoms. The predicted octanol–water partition coefficient (Wildman–Crippen LogP) is -0.874. The monoisotopic (exact) mass is 252 g/mol. The average molecular weight is 252 g/mol. The number of hydrogen-bond donors (Lipinski definition) is 1. The molecule has 1 atom stereocenters. The Kier molecular flexibility index (Phi) is 3.61. The Bertz CT molecular complexity index is 493. The van der Waals surface area contributed by atoms with E-state index in [4.69, 9.17) is 10.5 Å². The molecule has 98 valence electrons. The van der Waals surface area contributed by atoms with Gasteiger partial charge in [0, 0.05) is 19.2 Å². The van der Waals surface area contributed by atoms with Crippen molar-refractivity contribution in [3.8, 4) is 0 Å². The van der Waals surface area contributed by atoms with Gasteiger partial charge in [-0.25, -0.2) is 4.68 Å². The summed E-state index contributed by atoms with van der Waals surface area (Å²) in [6.45, 7) is 4.29. The summed E-state index contributed by atoms with van der Waals surface area (Å²) in [4.78, 5) is 24.9. The van der Waals surface area contributed by atoms with Crippen LogP contribution < -0.4 is 16.2 Å². The van der Waals surface area contributed by atoms with Gasteiger partial charge < -0.3 is 15.4 Å². The first-order chi connectivity index (χ1) is 8.59. The third kappa shape index (κ3) is 2.51. The van der Waals surface area contributed by atoms with Gasteiger partial charge in [0.25, 0.3) is 5.56 Å². The lowest BCUT2D eigenvalue weighted by Crippen LogP contribution is -2.38. The summed E-state index contributed by atoms with van der Waals surface area (Å²) in [5.74, 6) is -0.580. The Labute approximate surface area is 104 Å². The number of primary amides is 1. The molecule has 2 rings (SSSR count). The van der Waals surface area contributed by atoms with E-state index in [-0.39, 0.29) is 5.56 Å². The molecule has 7 nitrogen and oxygen atoms in total. The number of hydrogen-bond acceptors (Lipinski definition) is 5. The van der Waals surface area contributed by atoms with Crippen molar-refractivity contribution in [3.05, 3.63) is 22.6 Å². The lowest BCUT2D eigenvalue weighted by atomic mass is 10.3. The van der Waals surface area contributed by atoms with Gasteiger partial charge in [-0.05, 0) is 6.92 Å². The predicted molar refractivity (Wildman–Crippen MR) is 65.4 cm³/mol. The normalized spacial score (nSPS) is 17.5. The van der Waals surface area contributed by atoms with Crippen molar-refractivity contribution in [2.24, 2.45) is 5.73 Å². The maximum absolute atomic E-state index is 11.9. The summed E-state index contributed by atoms with van der Waals surface area (Å²) in [5.41, 5.74) is 5.57. The van der Waals surface area contributed by atoms with Crippen molar-refractivity contribution >= 4 is 11.6 Å². The van der Waals surface area contributed by atoms with Crippen LogP contribution in [-0.4, -0.2) is 42.0 Å². The minimum absolute atomic E-state index is 0.328. The maximum Gasteiger partial charge on any atom is 0.269 e. The molecule has 1 saturated heterocycles. The SMILES string of the molecule is C[C@@H](C(N)=O)n1ncc(N2CCOCC2)cc1=O. The topological polar surface area (TPSA) is 90.5 Å². The van der Waals surface area contributed by atoms with Crippen LogP contribution in [0.25, 0.3) is 0 Å². The van der Waals surface area contributed by atoms with Crippen molar-refractivity contribution in [3.63, 3.8) is 0 Å². The fourth-order valence-corrected chi connectivity index (χ4v) is 1.81. The highest BCUT2D eigenvalue weighted by atomic mass is 16.5. The Morgan fingerprint density at radius 3 is 2.72 bits per heavy atom. The second-order valence-electron chi connectivity index (χ2n) is 4.17. The van der Waals surface area contributed by atoms with Gasteiger partial charge in [0.05, 0.1) is 25.1 Å². The quantitative estimate of drug-likeness (QED) is 0.755. The summed E-state index contributed by atoms with van der Waals surface area (Å²) in [5, 5.41) is 4.00. The number of carbonyl (C=O) groups is 1. The van der Waals surface area contributed by atoms with Gasteiger partial charge in [-0.3, -0.25) is 9.59 Å². The molecule has 7 heteroatoms. The van der Waals surface area contributed by atoms with Crippen molar-refractivity contribution in [1.29, 1.82) is 0 Å². The van der Waals surface area contributed by atoms with Crippen molar-refractivity contribution in [1.82, 2.24) is 9.78 Å². The second kappa shape index (κ2) is 5.18. The zero-order valence-electron chi connectivity index (χ0n) is 10.2. The van der Waals surface area contributed by atoms with Gasteiger partial charge in [-0.1, -0.05) is 0 Å². The van der Waals surface area contributed by atoms with Crippen LogP contribution in [-0.2, 0) is 9.53 Å². The molecule has 2 heterocycles. The maximum atomic E-state index is 11.9. The molecule has 0 aromatic carbocycles. The number of carbonyl (C=O) groups excluding carboxylic acids is 1. The summed E-state index contributed by atoms with van der Waals surface area (Å²) in [7, 11) is 0. The first-order valence-electron chi connectivity index (χ1n) is 5.80. The van der Waals surface area contributed by atoms with Gasteiger partial charge in [0.15, 0.2) is 0 Å². The van der Waals surface area contributed by atoms with E-state index in [1.165, 1.54) is 6.07 Å². The molecular formula is C11H16N4O3. The van der Waals surface area contributed by atoms with Crippen LogP contribution in [0.1, 0.15) is 13.0 Å². The molecule has 0 aliphatic carbocycles. The number of nitrogens with zero attached hydrogens (tertiary/aromatic N) is 3. The fraction of sp³-hybridized carbons (Fsp3) is 0.545. The number of aromatic nitrogens is 2. The van der Waals surface area contributed by atoms with E-state index in [1.807, 2.05) is 4.90 Å². The van der Waals surface area contributed by atoms with E-state index < -0.39 is 11.9 Å². The lowest BCUT2D eigenvalue weighted by molar-refractivity contribution is -0.121. The molecule has 0 bridgehead atoms. The molecule has 1 amide bonds. The highest BCUT2D eigenvalue weighted by Crippen LogP contribution is 2.12. The molecule has 1 aliphatic rings. The van der Waals surface area contributed by atoms with E-state index in [1.54, 1.807) is 13.1 Å². The van der Waals surface area contributed by atoms with Crippen molar-refractivity contribution < 1.29 is 9.53 Å². The summed E-state index contributed by atoms with van der Waals surface area (Å²) >= 11 is 0. The zero-order valence-corrected chi connectivity index (χ0v) is 10.2. The summed E-state index contributed by atoms with van der Waals surface area (Å²) in [6.07, 6.45) is 1.58. The molecule has 1 aromatic rings. The molecule has 1 fully saturated rings. The molecule has 0 unspecified atom stereocenters. The molecule has 1 aromatic heterocycles. The minimum Gasteiger partial charge on any atom is -0.378 e. The largest absolute Gasteiger partial charge is 0.378 e. The minimum atomic E-state index is -0.740. The zero-order chi connectivity index (χ0) is 13.1. The first kappa shape index (κ1) is 12.6. The molecule has 1 aliphatic heterocycles. The van der Waals surface area contributed by atoms with Gasteiger partial charge in [-0.15, -0.1) is 0 Å². The molecule has 0 radical (unpaired) electrons. The third-order valence-electron chi connectivity index (χ3n) is 2.97. The van der Waals surface area contributed by atoms with E-state index in [2.05, 4.69) is 5.10 Å². The molecule has 0 saturated carbocycles. The number of morpholine rings is 1. The second-order valence-corrected chi connectivity index (χ2v) is 4.17. The Balaban J connectivity index is 2.24. The highest BCUT2D eigenvalue weighted by Gasteiger charge is 2.16. The third-order valence-corrected chi connectivity index (χ3v) is 2.97. The van der Waals surface area contributed by atoms with Gasteiger partial charge in [0.1, 0.15) is 6.04 Å². The number of nitrogens with two attached hydrogens (primary N) is 1. The van der Waals surface area contributed by atoms with Crippen molar-refractivity contribution in [2.75, 3.05) is 31.2 Å². The molecule has 2 N–H and O–H groups in total. The summed E-state index contributed by atoms with van der Waals surface area (Å²) < 4.78 is 6.33. The van der Waals surface area contributed by atoms with Crippen molar-refractivity contribution in [2.45, 2.75) is 13.0 Å². The van der Waals surface area contributed by atoms with Crippen LogP contribution in [0.15, 0.2) is 17.1 Å². The van der Waals surface area contributed by atoms with Crippen LogP contribution in [0.3, 0.4) is 0 Å². The van der Waals surface area contributed by atoms with Gasteiger partial charge >= 0.3 is 0 Å².